The zero-order valence-electron chi connectivity index (χ0n) is 12.5. The molecule has 1 saturated heterocycles. The van der Waals surface area contributed by atoms with Crippen molar-refractivity contribution in [2.45, 2.75) is 0 Å². The standard InChI is InChI=1S/C19H19N3/c1-2-7-17(8-3-1)21-12-14-22(15-13-21)19-11-10-16-6-4-5-9-18(16)20-19/h1-11H,12-15H2. The molecule has 0 amide bonds. The van der Waals surface area contributed by atoms with Crippen LogP contribution >= 0.6 is 0 Å². The van der Waals surface area contributed by atoms with Crippen LogP contribution in [0.4, 0.5) is 11.5 Å². The molecule has 3 aromatic rings. The van der Waals surface area contributed by atoms with Gasteiger partial charge in [-0.2, -0.15) is 0 Å². The maximum atomic E-state index is 4.80. The van der Waals surface area contributed by atoms with Crippen molar-refractivity contribution in [2.24, 2.45) is 0 Å². The molecule has 4 rings (SSSR count). The lowest BCUT2D eigenvalue weighted by Gasteiger charge is -2.36. The summed E-state index contributed by atoms with van der Waals surface area (Å²) in [4.78, 5) is 9.63. The number of piperazine rings is 1. The van der Waals surface area contributed by atoms with Crippen LogP contribution in [0.5, 0.6) is 0 Å². The lowest BCUT2D eigenvalue weighted by molar-refractivity contribution is 0.648. The lowest BCUT2D eigenvalue weighted by atomic mass is 10.2. The normalized spacial score (nSPS) is 15.3. The number of hydrogen-bond donors (Lipinski definition) is 0. The highest BCUT2D eigenvalue weighted by atomic mass is 15.3. The van der Waals surface area contributed by atoms with Crippen LogP contribution in [0.1, 0.15) is 0 Å². The Bertz CT molecular complexity index is 762. The summed E-state index contributed by atoms with van der Waals surface area (Å²) in [5, 5.41) is 1.20. The fraction of sp³-hybridized carbons (Fsp3) is 0.211. The quantitative estimate of drug-likeness (QED) is 0.719. The van der Waals surface area contributed by atoms with Crippen LogP contribution in [0.3, 0.4) is 0 Å². The molecular formula is C19H19N3. The first-order chi connectivity index (χ1) is 10.9. The minimum atomic E-state index is 1.01. The van der Waals surface area contributed by atoms with Crippen LogP contribution in [0.15, 0.2) is 66.7 Å². The number of pyridine rings is 1. The third-order valence-electron chi connectivity index (χ3n) is 4.31. The molecule has 1 aliphatic rings. The van der Waals surface area contributed by atoms with Gasteiger partial charge in [-0.25, -0.2) is 4.98 Å². The predicted molar refractivity (Wildman–Crippen MR) is 92.6 cm³/mol. The first-order valence-corrected chi connectivity index (χ1v) is 7.81. The minimum Gasteiger partial charge on any atom is -0.368 e. The van der Waals surface area contributed by atoms with Gasteiger partial charge in [-0.1, -0.05) is 36.4 Å². The van der Waals surface area contributed by atoms with Crippen molar-refractivity contribution in [2.75, 3.05) is 36.0 Å². The zero-order valence-corrected chi connectivity index (χ0v) is 12.5. The number of rotatable bonds is 2. The van der Waals surface area contributed by atoms with Gasteiger partial charge in [-0.3, -0.25) is 0 Å². The first-order valence-electron chi connectivity index (χ1n) is 7.81. The number of anilines is 2. The number of benzene rings is 2. The summed E-state index contributed by atoms with van der Waals surface area (Å²) in [5.41, 5.74) is 2.39. The zero-order chi connectivity index (χ0) is 14.8. The summed E-state index contributed by atoms with van der Waals surface area (Å²) in [6, 6.07) is 23.3. The molecule has 3 nitrogen and oxygen atoms in total. The van der Waals surface area contributed by atoms with Crippen molar-refractivity contribution >= 4 is 22.4 Å². The van der Waals surface area contributed by atoms with Gasteiger partial charge in [0.1, 0.15) is 5.82 Å². The third-order valence-corrected chi connectivity index (χ3v) is 4.31. The molecule has 110 valence electrons. The van der Waals surface area contributed by atoms with E-state index in [0.717, 1.165) is 37.5 Å². The molecule has 0 saturated carbocycles. The highest BCUT2D eigenvalue weighted by Gasteiger charge is 2.18. The number of hydrogen-bond acceptors (Lipinski definition) is 3. The van der Waals surface area contributed by atoms with Gasteiger partial charge in [0.15, 0.2) is 0 Å². The number of fused-ring (bicyclic) bond motifs is 1. The second-order valence-electron chi connectivity index (χ2n) is 5.67. The summed E-state index contributed by atoms with van der Waals surface area (Å²) in [6.45, 7) is 4.11. The summed E-state index contributed by atoms with van der Waals surface area (Å²) >= 11 is 0. The smallest absolute Gasteiger partial charge is 0.129 e. The summed E-state index contributed by atoms with van der Waals surface area (Å²) in [5.74, 6) is 1.09. The van der Waals surface area contributed by atoms with Gasteiger partial charge in [0.2, 0.25) is 0 Å². The summed E-state index contributed by atoms with van der Waals surface area (Å²) in [7, 11) is 0. The largest absolute Gasteiger partial charge is 0.368 e. The first kappa shape index (κ1) is 13.1. The second kappa shape index (κ2) is 5.68. The van der Waals surface area contributed by atoms with Crippen LogP contribution in [0, 0.1) is 0 Å². The van der Waals surface area contributed by atoms with Gasteiger partial charge in [-0.05, 0) is 30.3 Å². The average molecular weight is 289 g/mol. The Morgan fingerprint density at radius 3 is 2.14 bits per heavy atom. The lowest BCUT2D eigenvalue weighted by Crippen LogP contribution is -2.46. The highest BCUT2D eigenvalue weighted by Crippen LogP contribution is 2.21. The van der Waals surface area contributed by atoms with Gasteiger partial charge in [0.25, 0.3) is 0 Å². The van der Waals surface area contributed by atoms with Crippen LogP contribution in [-0.4, -0.2) is 31.2 Å². The van der Waals surface area contributed by atoms with Crippen LogP contribution in [-0.2, 0) is 0 Å². The van der Waals surface area contributed by atoms with E-state index in [9.17, 15) is 0 Å². The molecule has 2 aromatic carbocycles. The Balaban J connectivity index is 1.50. The monoisotopic (exact) mass is 289 g/mol. The van der Waals surface area contributed by atoms with Crippen molar-refractivity contribution in [1.82, 2.24) is 4.98 Å². The van der Waals surface area contributed by atoms with E-state index in [2.05, 4.69) is 70.5 Å². The molecule has 1 aliphatic heterocycles. The van der Waals surface area contributed by atoms with Gasteiger partial charge in [0.05, 0.1) is 5.52 Å². The average Bonchev–Trinajstić information content (AvgIpc) is 2.62. The van der Waals surface area contributed by atoms with Crippen LogP contribution in [0.2, 0.25) is 0 Å². The molecule has 0 spiro atoms. The molecule has 22 heavy (non-hydrogen) atoms. The van der Waals surface area contributed by atoms with Gasteiger partial charge in [-0.15, -0.1) is 0 Å². The number of para-hydroxylation sites is 2. The Morgan fingerprint density at radius 1 is 0.636 bits per heavy atom. The Morgan fingerprint density at radius 2 is 1.32 bits per heavy atom. The maximum Gasteiger partial charge on any atom is 0.129 e. The topological polar surface area (TPSA) is 19.4 Å². The van der Waals surface area contributed by atoms with E-state index in [1.165, 1.54) is 11.1 Å². The van der Waals surface area contributed by atoms with E-state index >= 15 is 0 Å². The Labute approximate surface area is 130 Å². The summed E-state index contributed by atoms with van der Waals surface area (Å²) in [6.07, 6.45) is 0. The predicted octanol–water partition coefficient (Wildman–Crippen LogP) is 3.56. The molecule has 0 aliphatic carbocycles. The molecule has 0 bridgehead atoms. The Kier molecular flexibility index (Phi) is 3.39. The van der Waals surface area contributed by atoms with E-state index in [1.54, 1.807) is 0 Å². The summed E-state index contributed by atoms with van der Waals surface area (Å²) < 4.78 is 0. The molecule has 1 aromatic heterocycles. The van der Waals surface area contributed by atoms with Crippen molar-refractivity contribution < 1.29 is 0 Å². The van der Waals surface area contributed by atoms with Crippen molar-refractivity contribution in [3.8, 4) is 0 Å². The van der Waals surface area contributed by atoms with Crippen LogP contribution < -0.4 is 9.80 Å². The molecular weight excluding hydrogens is 270 g/mol. The molecule has 3 heteroatoms. The number of aromatic nitrogens is 1. The van der Waals surface area contributed by atoms with E-state index < -0.39 is 0 Å². The molecule has 0 atom stereocenters. The second-order valence-corrected chi connectivity index (χ2v) is 5.67. The highest BCUT2D eigenvalue weighted by molar-refractivity contribution is 5.80. The molecule has 0 unspecified atom stereocenters. The van der Waals surface area contributed by atoms with E-state index in [4.69, 9.17) is 4.98 Å². The molecule has 0 radical (unpaired) electrons. The Hall–Kier alpha value is -2.55. The molecule has 1 fully saturated rings. The third kappa shape index (κ3) is 2.50. The molecule has 0 N–H and O–H groups in total. The van der Waals surface area contributed by atoms with E-state index in [-0.39, 0.29) is 0 Å². The maximum absolute atomic E-state index is 4.80. The van der Waals surface area contributed by atoms with Crippen molar-refractivity contribution in [3.05, 3.63) is 66.7 Å². The molecule has 2 heterocycles. The van der Waals surface area contributed by atoms with Gasteiger partial charge in [0, 0.05) is 37.3 Å². The van der Waals surface area contributed by atoms with Crippen LogP contribution in [0.25, 0.3) is 10.9 Å². The van der Waals surface area contributed by atoms with Gasteiger partial charge < -0.3 is 9.80 Å². The van der Waals surface area contributed by atoms with E-state index in [0.29, 0.717) is 0 Å². The van der Waals surface area contributed by atoms with E-state index in [1.807, 2.05) is 6.07 Å². The van der Waals surface area contributed by atoms with Crippen molar-refractivity contribution in [3.63, 3.8) is 0 Å². The fourth-order valence-electron chi connectivity index (χ4n) is 3.06. The minimum absolute atomic E-state index is 1.01. The SMILES string of the molecule is c1ccc(N2CCN(c3ccc4ccccc4n3)CC2)cc1. The van der Waals surface area contributed by atoms with Crippen molar-refractivity contribution in [1.29, 1.82) is 0 Å². The number of nitrogens with zero attached hydrogens (tertiary/aromatic N) is 3. The van der Waals surface area contributed by atoms with Gasteiger partial charge >= 0.3 is 0 Å². The fourth-order valence-corrected chi connectivity index (χ4v) is 3.06.